The van der Waals surface area contributed by atoms with Crippen LogP contribution in [0.15, 0.2) is 35.5 Å². The molecule has 1 atom stereocenters. The quantitative estimate of drug-likeness (QED) is 0.327. The summed E-state index contributed by atoms with van der Waals surface area (Å²) >= 11 is 1.32. The van der Waals surface area contributed by atoms with E-state index < -0.39 is 9.84 Å². The van der Waals surface area contributed by atoms with E-state index in [0.717, 1.165) is 34.7 Å². The molecule has 1 aliphatic heterocycles. The van der Waals surface area contributed by atoms with Crippen LogP contribution in [-0.4, -0.2) is 52.5 Å². The molecule has 1 fully saturated rings. The van der Waals surface area contributed by atoms with Crippen molar-refractivity contribution in [2.24, 2.45) is 0 Å². The van der Waals surface area contributed by atoms with Crippen molar-refractivity contribution in [1.82, 2.24) is 14.5 Å². The number of aromatic nitrogens is 3. The number of hydrogen-bond donors (Lipinski definition) is 1. The molecule has 4 rings (SSSR count). The highest BCUT2D eigenvalue weighted by Gasteiger charge is 2.31. The van der Waals surface area contributed by atoms with E-state index >= 15 is 0 Å². The molecule has 1 saturated heterocycles. The number of fused-ring (bicyclic) bond motifs is 1. The number of nitrogens with one attached hydrogen (secondary N) is 1. The standard InChI is InChI=1S/C22H26N4O3S2/c1-4-23-21-17-7-5-6-8-19(17)24-22(25-21)30-12-20(27)18-11-14(2)26(15(18)3)16-9-10-31(28,29)13-16/h5-8,11,16H,4,9-10,12-13H2,1-3H3,(H,23,24,25). The van der Waals surface area contributed by atoms with Gasteiger partial charge in [-0.05, 0) is 45.4 Å². The second kappa shape index (κ2) is 8.63. The average Bonchev–Trinajstić information content (AvgIpc) is 3.24. The third kappa shape index (κ3) is 4.48. The Morgan fingerprint density at radius 2 is 2.03 bits per heavy atom. The minimum atomic E-state index is -2.99. The average molecular weight is 459 g/mol. The van der Waals surface area contributed by atoms with Crippen LogP contribution in [0.1, 0.15) is 41.1 Å². The lowest BCUT2D eigenvalue weighted by Gasteiger charge is -2.16. The number of anilines is 1. The predicted molar refractivity (Wildman–Crippen MR) is 125 cm³/mol. The highest BCUT2D eigenvalue weighted by molar-refractivity contribution is 7.99. The molecular formula is C22H26N4O3S2. The number of benzene rings is 1. The number of aryl methyl sites for hydroxylation is 1. The summed E-state index contributed by atoms with van der Waals surface area (Å²) in [5, 5.41) is 4.77. The second-order valence-corrected chi connectivity index (χ2v) is 11.0. The Morgan fingerprint density at radius 1 is 1.26 bits per heavy atom. The number of ketones is 1. The minimum Gasteiger partial charge on any atom is -0.370 e. The number of carbonyl (C=O) groups excluding carboxylic acids is 1. The van der Waals surface area contributed by atoms with Crippen molar-refractivity contribution in [1.29, 1.82) is 0 Å². The monoisotopic (exact) mass is 458 g/mol. The molecule has 0 radical (unpaired) electrons. The molecule has 1 unspecified atom stereocenters. The van der Waals surface area contributed by atoms with Gasteiger partial charge in [0.1, 0.15) is 5.82 Å². The van der Waals surface area contributed by atoms with Gasteiger partial charge in [-0.25, -0.2) is 18.4 Å². The molecule has 0 bridgehead atoms. The first-order valence-electron chi connectivity index (χ1n) is 10.3. The molecule has 164 valence electrons. The molecule has 0 spiro atoms. The summed E-state index contributed by atoms with van der Waals surface area (Å²) in [7, 11) is -2.99. The van der Waals surface area contributed by atoms with Crippen molar-refractivity contribution >= 4 is 44.1 Å². The van der Waals surface area contributed by atoms with Crippen molar-refractivity contribution in [3.63, 3.8) is 0 Å². The van der Waals surface area contributed by atoms with E-state index in [0.29, 0.717) is 17.1 Å². The van der Waals surface area contributed by atoms with Crippen molar-refractivity contribution < 1.29 is 13.2 Å². The van der Waals surface area contributed by atoms with Gasteiger partial charge in [0.2, 0.25) is 0 Å². The Bertz CT molecular complexity index is 1250. The maximum absolute atomic E-state index is 13.0. The zero-order chi connectivity index (χ0) is 22.2. The van der Waals surface area contributed by atoms with Crippen LogP contribution in [-0.2, 0) is 9.84 Å². The van der Waals surface area contributed by atoms with E-state index in [1.165, 1.54) is 11.8 Å². The minimum absolute atomic E-state index is 0.00744. The molecule has 3 aromatic rings. The highest BCUT2D eigenvalue weighted by Crippen LogP contribution is 2.30. The fourth-order valence-corrected chi connectivity index (χ4v) is 6.66. The van der Waals surface area contributed by atoms with Crippen molar-refractivity contribution in [3.8, 4) is 0 Å². The Kier molecular flexibility index (Phi) is 6.07. The van der Waals surface area contributed by atoms with Crippen molar-refractivity contribution in [2.45, 2.75) is 38.4 Å². The first-order valence-corrected chi connectivity index (χ1v) is 13.1. The predicted octanol–water partition coefficient (Wildman–Crippen LogP) is 3.81. The zero-order valence-corrected chi connectivity index (χ0v) is 19.5. The number of hydrogen-bond acceptors (Lipinski definition) is 7. The van der Waals surface area contributed by atoms with Crippen LogP contribution in [0.2, 0.25) is 0 Å². The number of para-hydroxylation sites is 1. The molecule has 3 heterocycles. The smallest absolute Gasteiger partial charge is 0.190 e. The number of Topliss-reactive ketones (excluding diaryl/α,β-unsaturated/α-hetero) is 1. The van der Waals surface area contributed by atoms with Crippen LogP contribution >= 0.6 is 11.8 Å². The van der Waals surface area contributed by atoms with Gasteiger partial charge in [-0.2, -0.15) is 0 Å². The first-order chi connectivity index (χ1) is 14.8. The van der Waals surface area contributed by atoms with Crippen LogP contribution in [0.3, 0.4) is 0 Å². The van der Waals surface area contributed by atoms with Crippen LogP contribution in [0, 0.1) is 13.8 Å². The molecule has 0 saturated carbocycles. The zero-order valence-electron chi connectivity index (χ0n) is 17.9. The molecule has 9 heteroatoms. The number of nitrogens with zero attached hydrogens (tertiary/aromatic N) is 3. The van der Waals surface area contributed by atoms with Crippen molar-refractivity contribution in [2.75, 3.05) is 29.1 Å². The maximum Gasteiger partial charge on any atom is 0.190 e. The van der Waals surface area contributed by atoms with Crippen molar-refractivity contribution in [3.05, 3.63) is 47.3 Å². The molecule has 1 aromatic carbocycles. The van der Waals surface area contributed by atoms with Gasteiger partial charge in [0.25, 0.3) is 0 Å². The van der Waals surface area contributed by atoms with Crippen LogP contribution in [0.5, 0.6) is 0 Å². The second-order valence-electron chi connectivity index (χ2n) is 7.83. The fourth-order valence-electron chi connectivity index (χ4n) is 4.23. The van der Waals surface area contributed by atoms with Gasteiger partial charge in [-0.1, -0.05) is 23.9 Å². The molecule has 2 aromatic heterocycles. The lowest BCUT2D eigenvalue weighted by Crippen LogP contribution is -2.14. The Labute approximate surface area is 186 Å². The van der Waals surface area contributed by atoms with Gasteiger partial charge in [-0.15, -0.1) is 0 Å². The van der Waals surface area contributed by atoms with Gasteiger partial charge in [-0.3, -0.25) is 4.79 Å². The Balaban J connectivity index is 1.54. The lowest BCUT2D eigenvalue weighted by atomic mass is 10.2. The molecule has 7 nitrogen and oxygen atoms in total. The van der Waals surface area contributed by atoms with E-state index in [-0.39, 0.29) is 29.1 Å². The number of thioether (sulfide) groups is 1. The molecule has 1 aliphatic rings. The summed E-state index contributed by atoms with van der Waals surface area (Å²) in [4.78, 5) is 22.2. The molecule has 31 heavy (non-hydrogen) atoms. The summed E-state index contributed by atoms with van der Waals surface area (Å²) in [5.74, 6) is 1.33. The number of carbonyl (C=O) groups is 1. The Hall–Kier alpha value is -2.39. The summed E-state index contributed by atoms with van der Waals surface area (Å²) in [6.45, 7) is 6.58. The third-order valence-electron chi connectivity index (χ3n) is 5.62. The van der Waals surface area contributed by atoms with Crippen LogP contribution in [0.4, 0.5) is 5.82 Å². The van der Waals surface area contributed by atoms with Crippen LogP contribution in [0.25, 0.3) is 10.9 Å². The molecule has 0 amide bonds. The number of rotatable bonds is 7. The lowest BCUT2D eigenvalue weighted by molar-refractivity contribution is 0.102. The van der Waals surface area contributed by atoms with Gasteiger partial charge in [0.15, 0.2) is 20.8 Å². The van der Waals surface area contributed by atoms with Gasteiger partial charge < -0.3 is 9.88 Å². The van der Waals surface area contributed by atoms with Gasteiger partial charge >= 0.3 is 0 Å². The summed E-state index contributed by atoms with van der Waals surface area (Å²) in [6, 6.07) is 9.58. The summed E-state index contributed by atoms with van der Waals surface area (Å²) in [6.07, 6.45) is 0.596. The van der Waals surface area contributed by atoms with E-state index in [2.05, 4.69) is 15.3 Å². The van der Waals surface area contributed by atoms with Gasteiger partial charge in [0.05, 0.1) is 22.8 Å². The van der Waals surface area contributed by atoms with E-state index in [4.69, 9.17) is 0 Å². The Morgan fingerprint density at radius 3 is 2.74 bits per heavy atom. The van der Waals surface area contributed by atoms with E-state index in [1.54, 1.807) is 0 Å². The largest absolute Gasteiger partial charge is 0.370 e. The normalized spacial score (nSPS) is 17.8. The molecule has 0 aliphatic carbocycles. The fraction of sp³-hybridized carbons (Fsp3) is 0.409. The van der Waals surface area contributed by atoms with E-state index in [1.807, 2.05) is 55.7 Å². The first kappa shape index (κ1) is 21.8. The maximum atomic E-state index is 13.0. The third-order valence-corrected chi connectivity index (χ3v) is 8.22. The molecule has 1 N–H and O–H groups in total. The highest BCUT2D eigenvalue weighted by atomic mass is 32.2. The number of sulfone groups is 1. The van der Waals surface area contributed by atoms with Crippen LogP contribution < -0.4 is 5.32 Å². The summed E-state index contributed by atoms with van der Waals surface area (Å²) < 4.78 is 25.8. The summed E-state index contributed by atoms with van der Waals surface area (Å²) in [5.41, 5.74) is 3.23. The van der Waals surface area contributed by atoms with Gasteiger partial charge in [0, 0.05) is 34.9 Å². The molecular weight excluding hydrogens is 432 g/mol. The topological polar surface area (TPSA) is 94.0 Å². The van der Waals surface area contributed by atoms with E-state index in [9.17, 15) is 13.2 Å². The SMILES string of the molecule is CCNc1nc(SCC(=O)c2cc(C)n(C3CCS(=O)(=O)C3)c2C)nc2ccccc12.